The van der Waals surface area contributed by atoms with E-state index in [1.165, 1.54) is 76.4 Å². The van der Waals surface area contributed by atoms with Crippen LogP contribution in [0.3, 0.4) is 0 Å². The SMILES string of the molecule is CCCCCCCCCCCCCCOc1ccc(C(=O)OCC(=O)C/C(C)=C/[C@@H](CO)C(=O)OCC)o1. The minimum atomic E-state index is -0.832. The third kappa shape index (κ3) is 15.6. The van der Waals surface area contributed by atoms with E-state index >= 15 is 0 Å². The lowest BCUT2D eigenvalue weighted by molar-refractivity contribution is -0.147. The zero-order valence-corrected chi connectivity index (χ0v) is 23.6. The fourth-order valence-corrected chi connectivity index (χ4v) is 4.05. The number of carbonyl (C=O) groups is 3. The van der Waals surface area contributed by atoms with Gasteiger partial charge < -0.3 is 23.7 Å². The second kappa shape index (κ2) is 21.3. The Morgan fingerprint density at radius 2 is 1.50 bits per heavy atom. The molecule has 0 aliphatic rings. The molecule has 0 radical (unpaired) electrons. The summed E-state index contributed by atoms with van der Waals surface area (Å²) >= 11 is 0. The Bertz CT molecular complexity index is 826. The molecule has 1 aromatic rings. The van der Waals surface area contributed by atoms with E-state index in [0.717, 1.165) is 12.8 Å². The van der Waals surface area contributed by atoms with E-state index in [0.29, 0.717) is 12.2 Å². The van der Waals surface area contributed by atoms with Crippen LogP contribution in [0.25, 0.3) is 0 Å². The maximum Gasteiger partial charge on any atom is 0.374 e. The van der Waals surface area contributed by atoms with Gasteiger partial charge in [0.05, 0.1) is 25.7 Å². The molecule has 8 heteroatoms. The van der Waals surface area contributed by atoms with Gasteiger partial charge in [0, 0.05) is 12.5 Å². The first kappa shape index (κ1) is 33.4. The molecular formula is C30H48O8. The Hall–Kier alpha value is -2.61. The van der Waals surface area contributed by atoms with Crippen molar-refractivity contribution in [2.45, 2.75) is 104 Å². The lowest BCUT2D eigenvalue weighted by Crippen LogP contribution is -2.20. The van der Waals surface area contributed by atoms with Gasteiger partial charge in [-0.2, -0.15) is 0 Å². The summed E-state index contributed by atoms with van der Waals surface area (Å²) < 4.78 is 20.9. The number of aliphatic hydroxyl groups excluding tert-OH is 1. The van der Waals surface area contributed by atoms with Crippen molar-refractivity contribution < 1.29 is 38.1 Å². The van der Waals surface area contributed by atoms with Crippen LogP contribution in [-0.4, -0.2) is 49.3 Å². The van der Waals surface area contributed by atoms with E-state index in [4.69, 9.17) is 18.6 Å². The standard InChI is InChI=1S/C30H48O8/c1-4-6-7-8-9-10-11-12-13-14-15-16-19-36-28-18-17-27(38-28)30(34)37-23-26(32)21-24(3)20-25(22-31)29(33)35-5-2/h17-18,20,25,31H,4-16,19,21-23H2,1-3H3/b24-20+/t25-/m0/s1. The Kier molecular flexibility index (Phi) is 18.8. The number of Topliss-reactive ketones (excluding diaryl/α,β-unsaturated/α-hetero) is 1. The maximum atomic E-state index is 12.2. The van der Waals surface area contributed by atoms with Crippen LogP contribution in [0.15, 0.2) is 28.2 Å². The highest BCUT2D eigenvalue weighted by molar-refractivity contribution is 5.90. The molecule has 38 heavy (non-hydrogen) atoms. The summed E-state index contributed by atoms with van der Waals surface area (Å²) in [7, 11) is 0. The van der Waals surface area contributed by atoms with Crippen LogP contribution in [-0.2, 0) is 19.1 Å². The lowest BCUT2D eigenvalue weighted by Gasteiger charge is -2.10. The molecule has 1 aromatic heterocycles. The summed E-state index contributed by atoms with van der Waals surface area (Å²) in [6.45, 7) is 5.46. The molecule has 0 saturated carbocycles. The molecule has 216 valence electrons. The van der Waals surface area contributed by atoms with Crippen LogP contribution >= 0.6 is 0 Å². The number of carbonyl (C=O) groups excluding carboxylic acids is 3. The second-order valence-corrected chi connectivity index (χ2v) is 9.70. The smallest absolute Gasteiger partial charge is 0.374 e. The number of ether oxygens (including phenoxy) is 3. The summed E-state index contributed by atoms with van der Waals surface area (Å²) in [5.74, 6) is -2.26. The lowest BCUT2D eigenvalue weighted by atomic mass is 10.0. The number of esters is 2. The Morgan fingerprint density at radius 3 is 2.08 bits per heavy atom. The average molecular weight is 537 g/mol. The van der Waals surface area contributed by atoms with Gasteiger partial charge in [-0.3, -0.25) is 9.59 Å². The molecule has 1 heterocycles. The second-order valence-electron chi connectivity index (χ2n) is 9.70. The van der Waals surface area contributed by atoms with Crippen molar-refractivity contribution in [3.63, 3.8) is 0 Å². The molecule has 0 aliphatic carbocycles. The summed E-state index contributed by atoms with van der Waals surface area (Å²) in [5.41, 5.74) is 0.574. The Labute approximate surface area is 228 Å². The molecule has 0 saturated heterocycles. The molecule has 0 fully saturated rings. The highest BCUT2D eigenvalue weighted by Gasteiger charge is 2.18. The van der Waals surface area contributed by atoms with Crippen LogP contribution < -0.4 is 4.74 Å². The summed E-state index contributed by atoms with van der Waals surface area (Å²) in [5, 5.41) is 9.34. The van der Waals surface area contributed by atoms with Crippen molar-refractivity contribution >= 4 is 17.7 Å². The van der Waals surface area contributed by atoms with Gasteiger partial charge in [-0.15, -0.1) is 0 Å². The number of hydrogen-bond acceptors (Lipinski definition) is 8. The van der Waals surface area contributed by atoms with E-state index in [-0.39, 0.29) is 30.5 Å². The van der Waals surface area contributed by atoms with Gasteiger partial charge in [0.15, 0.2) is 12.4 Å². The molecule has 0 spiro atoms. The number of ketones is 1. The van der Waals surface area contributed by atoms with Crippen LogP contribution in [0, 0.1) is 5.92 Å². The van der Waals surface area contributed by atoms with Crippen LogP contribution in [0.1, 0.15) is 115 Å². The topological polar surface area (TPSA) is 112 Å². The Morgan fingerprint density at radius 1 is 0.895 bits per heavy atom. The number of unbranched alkanes of at least 4 members (excludes halogenated alkanes) is 11. The van der Waals surface area contributed by atoms with Crippen LogP contribution in [0.2, 0.25) is 0 Å². The molecule has 1 rings (SSSR count). The third-order valence-corrected chi connectivity index (χ3v) is 6.14. The third-order valence-electron chi connectivity index (χ3n) is 6.14. The van der Waals surface area contributed by atoms with Crippen molar-refractivity contribution in [3.8, 4) is 5.95 Å². The number of rotatable bonds is 23. The highest BCUT2D eigenvalue weighted by atomic mass is 16.6. The van der Waals surface area contributed by atoms with Crippen LogP contribution in [0.4, 0.5) is 0 Å². The molecule has 1 atom stereocenters. The van der Waals surface area contributed by atoms with Gasteiger partial charge in [0.25, 0.3) is 5.95 Å². The van der Waals surface area contributed by atoms with E-state index in [9.17, 15) is 19.5 Å². The van der Waals surface area contributed by atoms with Crippen LogP contribution in [0.5, 0.6) is 5.95 Å². The zero-order chi connectivity index (χ0) is 28.0. The zero-order valence-electron chi connectivity index (χ0n) is 23.6. The monoisotopic (exact) mass is 536 g/mol. The molecule has 1 N–H and O–H groups in total. The van der Waals surface area contributed by atoms with Gasteiger partial charge >= 0.3 is 11.9 Å². The predicted octanol–water partition coefficient (Wildman–Crippen LogP) is 6.59. The van der Waals surface area contributed by atoms with Gasteiger partial charge in [-0.05, 0) is 26.3 Å². The fourth-order valence-electron chi connectivity index (χ4n) is 4.05. The molecule has 0 aromatic carbocycles. The number of aliphatic hydroxyl groups is 1. The minimum absolute atomic E-state index is 0.0191. The fraction of sp³-hybridized carbons (Fsp3) is 0.700. The van der Waals surface area contributed by atoms with Crippen molar-refractivity contribution in [2.24, 2.45) is 5.92 Å². The van der Waals surface area contributed by atoms with Gasteiger partial charge in [-0.1, -0.05) is 89.2 Å². The number of furan rings is 1. The molecular weight excluding hydrogens is 488 g/mol. The summed E-state index contributed by atoms with van der Waals surface area (Å²) in [6, 6.07) is 3.02. The normalized spacial score (nSPS) is 12.3. The molecule has 0 amide bonds. The first-order chi connectivity index (χ1) is 18.4. The van der Waals surface area contributed by atoms with Gasteiger partial charge in [0.2, 0.25) is 5.76 Å². The van der Waals surface area contributed by atoms with Crippen molar-refractivity contribution in [3.05, 3.63) is 29.5 Å². The molecule has 0 unspecified atom stereocenters. The van der Waals surface area contributed by atoms with E-state index in [2.05, 4.69) is 6.92 Å². The van der Waals surface area contributed by atoms with Crippen molar-refractivity contribution in [1.29, 1.82) is 0 Å². The first-order valence-electron chi connectivity index (χ1n) is 14.3. The molecule has 0 bridgehead atoms. The molecule has 8 nitrogen and oxygen atoms in total. The predicted molar refractivity (Wildman–Crippen MR) is 146 cm³/mol. The molecule has 0 aliphatic heterocycles. The van der Waals surface area contributed by atoms with Crippen molar-refractivity contribution in [1.82, 2.24) is 0 Å². The number of allylic oxidation sites excluding steroid dienone is 1. The largest absolute Gasteiger partial charge is 0.465 e. The van der Waals surface area contributed by atoms with Gasteiger partial charge in [0.1, 0.15) is 0 Å². The van der Waals surface area contributed by atoms with E-state index in [1.807, 2.05) is 0 Å². The Balaban J connectivity index is 2.19. The van der Waals surface area contributed by atoms with Crippen molar-refractivity contribution in [2.75, 3.05) is 26.4 Å². The highest BCUT2D eigenvalue weighted by Crippen LogP contribution is 2.18. The summed E-state index contributed by atoms with van der Waals surface area (Å²) in [4.78, 5) is 36.1. The van der Waals surface area contributed by atoms with E-state index in [1.54, 1.807) is 19.9 Å². The number of hydrogen-bond donors (Lipinski definition) is 1. The summed E-state index contributed by atoms with van der Waals surface area (Å²) in [6.07, 6.45) is 16.7. The average Bonchev–Trinajstić information content (AvgIpc) is 3.37. The quantitative estimate of drug-likeness (QED) is 0.0946. The minimum Gasteiger partial charge on any atom is -0.465 e. The van der Waals surface area contributed by atoms with E-state index < -0.39 is 31.1 Å². The van der Waals surface area contributed by atoms with Gasteiger partial charge in [-0.25, -0.2) is 4.79 Å². The maximum absolute atomic E-state index is 12.2. The first-order valence-corrected chi connectivity index (χ1v) is 14.3.